The largest absolute Gasteiger partial charge is 0.350 e. The Morgan fingerprint density at radius 2 is 1.70 bits per heavy atom. The molecule has 2 heteroatoms. The summed E-state index contributed by atoms with van der Waals surface area (Å²) in [6, 6.07) is 0. The molecule has 1 rings (SSSR count). The van der Waals surface area contributed by atoms with Crippen LogP contribution in [0.15, 0.2) is 0 Å². The molecule has 1 heterocycles. The van der Waals surface area contributed by atoms with Crippen molar-refractivity contribution in [1.29, 1.82) is 0 Å². The molecule has 1 aliphatic rings. The van der Waals surface area contributed by atoms with E-state index in [9.17, 15) is 0 Å². The molecule has 0 N–H and O–H groups in total. The number of rotatable bonds is 0. The Labute approximate surface area is 62.5 Å². The summed E-state index contributed by atoms with van der Waals surface area (Å²) in [5.74, 6) is -0.387. The van der Waals surface area contributed by atoms with Crippen molar-refractivity contribution < 1.29 is 9.47 Å². The van der Waals surface area contributed by atoms with Gasteiger partial charge in [0.15, 0.2) is 5.79 Å². The smallest absolute Gasteiger partial charge is 0.163 e. The van der Waals surface area contributed by atoms with Crippen LogP contribution < -0.4 is 0 Å². The van der Waals surface area contributed by atoms with Gasteiger partial charge in [-0.2, -0.15) is 0 Å². The zero-order chi connectivity index (χ0) is 7.83. The monoisotopic (exact) mass is 144 g/mol. The zero-order valence-corrected chi connectivity index (χ0v) is 7.23. The molecule has 0 spiro atoms. The third kappa shape index (κ3) is 1.96. The summed E-state index contributed by atoms with van der Waals surface area (Å²) in [4.78, 5) is 0. The Balaban J connectivity index is 2.56. The number of hydrogen-bond donors (Lipinski definition) is 0. The Bertz CT molecular complexity index is 113. The van der Waals surface area contributed by atoms with Crippen molar-refractivity contribution in [2.75, 3.05) is 6.61 Å². The third-order valence-electron chi connectivity index (χ3n) is 1.68. The standard InChI is InChI=1S/C8H16O2/c1-7(2)5-6-9-8(3,4)10-7/h5-6H2,1-4H3. The van der Waals surface area contributed by atoms with Crippen LogP contribution in [-0.4, -0.2) is 18.0 Å². The van der Waals surface area contributed by atoms with Crippen LogP contribution >= 0.6 is 0 Å². The van der Waals surface area contributed by atoms with Gasteiger partial charge in [-0.1, -0.05) is 0 Å². The van der Waals surface area contributed by atoms with Crippen molar-refractivity contribution in [3.05, 3.63) is 0 Å². The molecule has 0 radical (unpaired) electrons. The first kappa shape index (κ1) is 8.02. The molecule has 0 aromatic carbocycles. The highest BCUT2D eigenvalue weighted by Gasteiger charge is 2.34. The molecule has 0 saturated carbocycles. The lowest BCUT2D eigenvalue weighted by Gasteiger charge is -2.40. The molecular weight excluding hydrogens is 128 g/mol. The van der Waals surface area contributed by atoms with Gasteiger partial charge in [0.1, 0.15) is 0 Å². The second-order valence-electron chi connectivity index (χ2n) is 3.86. The van der Waals surface area contributed by atoms with Crippen molar-refractivity contribution in [3.8, 4) is 0 Å². The van der Waals surface area contributed by atoms with Crippen LogP contribution in [0.4, 0.5) is 0 Å². The SMILES string of the molecule is CC1(C)CCOC(C)(C)O1. The van der Waals surface area contributed by atoms with Crippen molar-refractivity contribution in [3.63, 3.8) is 0 Å². The van der Waals surface area contributed by atoms with Crippen LogP contribution in [0.25, 0.3) is 0 Å². The van der Waals surface area contributed by atoms with Crippen LogP contribution in [0.2, 0.25) is 0 Å². The highest BCUT2D eigenvalue weighted by atomic mass is 16.7. The van der Waals surface area contributed by atoms with Crippen LogP contribution in [0, 0.1) is 0 Å². The summed E-state index contributed by atoms with van der Waals surface area (Å²) in [5, 5.41) is 0. The molecule has 0 unspecified atom stereocenters. The number of ether oxygens (including phenoxy) is 2. The number of hydrogen-bond acceptors (Lipinski definition) is 2. The van der Waals surface area contributed by atoms with Gasteiger partial charge >= 0.3 is 0 Å². The maximum atomic E-state index is 5.64. The van der Waals surface area contributed by atoms with E-state index in [1.807, 2.05) is 13.8 Å². The molecule has 0 atom stereocenters. The Hall–Kier alpha value is -0.0800. The average Bonchev–Trinajstić information content (AvgIpc) is 1.56. The quantitative estimate of drug-likeness (QED) is 0.517. The lowest BCUT2D eigenvalue weighted by Crippen LogP contribution is -2.45. The van der Waals surface area contributed by atoms with Crippen molar-refractivity contribution >= 4 is 0 Å². The van der Waals surface area contributed by atoms with Gasteiger partial charge in [0.05, 0.1) is 12.2 Å². The minimum Gasteiger partial charge on any atom is -0.350 e. The second-order valence-corrected chi connectivity index (χ2v) is 3.86. The highest BCUT2D eigenvalue weighted by Crippen LogP contribution is 2.29. The molecular formula is C8H16O2. The molecule has 0 bridgehead atoms. The maximum Gasteiger partial charge on any atom is 0.163 e. The van der Waals surface area contributed by atoms with Gasteiger partial charge in [0.2, 0.25) is 0 Å². The van der Waals surface area contributed by atoms with Gasteiger partial charge in [0, 0.05) is 0 Å². The predicted octanol–water partition coefficient (Wildman–Crippen LogP) is 1.94. The first-order chi connectivity index (χ1) is 4.41. The normalized spacial score (nSPS) is 30.0. The van der Waals surface area contributed by atoms with Crippen LogP contribution in [0.3, 0.4) is 0 Å². The summed E-state index contributed by atoms with van der Waals surface area (Å²) in [6.07, 6.45) is 0.983. The molecule has 2 nitrogen and oxygen atoms in total. The Kier molecular flexibility index (Phi) is 1.77. The minimum atomic E-state index is -0.387. The molecule has 1 fully saturated rings. The van der Waals surface area contributed by atoms with E-state index < -0.39 is 0 Å². The summed E-state index contributed by atoms with van der Waals surface area (Å²) in [6.45, 7) is 8.90. The first-order valence-corrected chi connectivity index (χ1v) is 3.75. The van der Waals surface area contributed by atoms with Crippen molar-refractivity contribution in [2.24, 2.45) is 0 Å². The van der Waals surface area contributed by atoms with Gasteiger partial charge in [-0.25, -0.2) is 0 Å². The molecule has 1 aliphatic heterocycles. The first-order valence-electron chi connectivity index (χ1n) is 3.75. The Morgan fingerprint density at radius 1 is 1.10 bits per heavy atom. The van der Waals surface area contributed by atoms with E-state index in [1.165, 1.54) is 0 Å². The summed E-state index contributed by atoms with van der Waals surface area (Å²) in [5.41, 5.74) is -0.0122. The average molecular weight is 144 g/mol. The molecule has 0 amide bonds. The van der Waals surface area contributed by atoms with Gasteiger partial charge < -0.3 is 9.47 Å². The van der Waals surface area contributed by atoms with Crippen LogP contribution in [0.1, 0.15) is 34.1 Å². The van der Waals surface area contributed by atoms with Crippen LogP contribution in [0.5, 0.6) is 0 Å². The molecule has 1 saturated heterocycles. The van der Waals surface area contributed by atoms with Gasteiger partial charge in [-0.05, 0) is 34.1 Å². The molecule has 60 valence electrons. The zero-order valence-electron chi connectivity index (χ0n) is 7.23. The van der Waals surface area contributed by atoms with E-state index in [0.29, 0.717) is 0 Å². The van der Waals surface area contributed by atoms with Gasteiger partial charge in [0.25, 0.3) is 0 Å². The van der Waals surface area contributed by atoms with E-state index >= 15 is 0 Å². The maximum absolute atomic E-state index is 5.64. The van der Waals surface area contributed by atoms with Gasteiger partial charge in [-0.15, -0.1) is 0 Å². The van der Waals surface area contributed by atoms with E-state index in [1.54, 1.807) is 0 Å². The lowest BCUT2D eigenvalue weighted by atomic mass is 10.0. The molecule has 10 heavy (non-hydrogen) atoms. The minimum absolute atomic E-state index is 0.0122. The Morgan fingerprint density at radius 3 is 2.00 bits per heavy atom. The van der Waals surface area contributed by atoms with E-state index in [-0.39, 0.29) is 11.4 Å². The molecule has 0 aromatic rings. The topological polar surface area (TPSA) is 18.5 Å². The fourth-order valence-electron chi connectivity index (χ4n) is 1.29. The molecule has 0 aromatic heterocycles. The summed E-state index contributed by atoms with van der Waals surface area (Å²) < 4.78 is 11.0. The van der Waals surface area contributed by atoms with E-state index in [0.717, 1.165) is 13.0 Å². The second kappa shape index (κ2) is 2.21. The summed E-state index contributed by atoms with van der Waals surface area (Å²) >= 11 is 0. The van der Waals surface area contributed by atoms with Gasteiger partial charge in [-0.3, -0.25) is 0 Å². The predicted molar refractivity (Wildman–Crippen MR) is 39.8 cm³/mol. The lowest BCUT2D eigenvalue weighted by molar-refractivity contribution is -0.300. The molecule has 0 aliphatic carbocycles. The summed E-state index contributed by atoms with van der Waals surface area (Å²) in [7, 11) is 0. The fourth-order valence-corrected chi connectivity index (χ4v) is 1.29. The van der Waals surface area contributed by atoms with E-state index in [2.05, 4.69) is 13.8 Å². The van der Waals surface area contributed by atoms with Crippen molar-refractivity contribution in [1.82, 2.24) is 0 Å². The van der Waals surface area contributed by atoms with Crippen LogP contribution in [-0.2, 0) is 9.47 Å². The highest BCUT2D eigenvalue weighted by molar-refractivity contribution is 4.76. The fraction of sp³-hybridized carbons (Fsp3) is 1.00. The van der Waals surface area contributed by atoms with Crippen molar-refractivity contribution in [2.45, 2.75) is 45.5 Å². The third-order valence-corrected chi connectivity index (χ3v) is 1.68. The van der Waals surface area contributed by atoms with E-state index in [4.69, 9.17) is 9.47 Å².